The van der Waals surface area contributed by atoms with Gasteiger partial charge in [0.05, 0.1) is 28.3 Å². The Kier molecular flexibility index (Phi) is 4.52. The molecule has 0 aliphatic rings. The SMILES string of the molecule is Cc1nc(C)c(-c2ccc(=O)n(CCNC(=O)c3ccno3)n2)s1. The van der Waals surface area contributed by atoms with Crippen LogP contribution in [0.5, 0.6) is 0 Å². The molecule has 124 valence electrons. The number of nitrogens with one attached hydrogen (secondary N) is 1. The number of hydrogen-bond donors (Lipinski definition) is 1. The van der Waals surface area contributed by atoms with Crippen molar-refractivity contribution in [2.75, 3.05) is 6.54 Å². The molecule has 0 aliphatic heterocycles. The molecule has 1 amide bonds. The second-order valence-corrected chi connectivity index (χ2v) is 6.26. The molecule has 0 unspecified atom stereocenters. The average molecular weight is 345 g/mol. The van der Waals surface area contributed by atoms with E-state index in [9.17, 15) is 9.59 Å². The largest absolute Gasteiger partial charge is 0.351 e. The molecule has 24 heavy (non-hydrogen) atoms. The second kappa shape index (κ2) is 6.75. The zero-order valence-electron chi connectivity index (χ0n) is 13.1. The lowest BCUT2D eigenvalue weighted by Gasteiger charge is -2.07. The summed E-state index contributed by atoms with van der Waals surface area (Å²) in [6, 6.07) is 4.62. The molecule has 0 fully saturated rings. The molecule has 0 saturated carbocycles. The number of carbonyl (C=O) groups is 1. The molecule has 3 aromatic rings. The van der Waals surface area contributed by atoms with Gasteiger partial charge in [0.25, 0.3) is 11.5 Å². The highest BCUT2D eigenvalue weighted by atomic mass is 32.1. The lowest BCUT2D eigenvalue weighted by atomic mass is 10.3. The standard InChI is InChI=1S/C15H15N5O3S/c1-9-14(24-10(2)18-9)11-3-4-13(21)20(19-11)8-7-16-15(22)12-5-6-17-23-12/h3-6H,7-8H2,1-2H3,(H,16,22). The quantitative estimate of drug-likeness (QED) is 0.750. The first-order valence-corrected chi connectivity index (χ1v) is 8.07. The molecule has 3 aromatic heterocycles. The van der Waals surface area contributed by atoms with E-state index in [-0.39, 0.29) is 30.3 Å². The summed E-state index contributed by atoms with van der Waals surface area (Å²) in [7, 11) is 0. The predicted molar refractivity (Wildman–Crippen MR) is 87.9 cm³/mol. The molecule has 0 spiro atoms. The van der Waals surface area contributed by atoms with Crippen LogP contribution < -0.4 is 10.9 Å². The van der Waals surface area contributed by atoms with Crippen molar-refractivity contribution in [3.63, 3.8) is 0 Å². The van der Waals surface area contributed by atoms with Crippen LogP contribution in [0.25, 0.3) is 10.6 Å². The number of amides is 1. The third-order valence-corrected chi connectivity index (χ3v) is 4.37. The van der Waals surface area contributed by atoms with E-state index in [1.54, 1.807) is 6.07 Å². The maximum Gasteiger partial charge on any atom is 0.289 e. The lowest BCUT2D eigenvalue weighted by Crippen LogP contribution is -2.31. The van der Waals surface area contributed by atoms with E-state index in [4.69, 9.17) is 4.52 Å². The van der Waals surface area contributed by atoms with E-state index in [1.165, 1.54) is 34.3 Å². The van der Waals surface area contributed by atoms with Crippen molar-refractivity contribution in [3.05, 3.63) is 51.2 Å². The first-order chi connectivity index (χ1) is 11.5. The van der Waals surface area contributed by atoms with Crippen molar-refractivity contribution in [1.29, 1.82) is 0 Å². The molecule has 9 heteroatoms. The summed E-state index contributed by atoms with van der Waals surface area (Å²) in [5.41, 5.74) is 1.35. The van der Waals surface area contributed by atoms with Gasteiger partial charge in [0.1, 0.15) is 5.69 Å². The maximum atomic E-state index is 11.9. The van der Waals surface area contributed by atoms with Crippen LogP contribution in [0.1, 0.15) is 21.3 Å². The molecule has 0 bridgehead atoms. The number of nitrogens with zero attached hydrogens (tertiary/aromatic N) is 4. The number of rotatable bonds is 5. The van der Waals surface area contributed by atoms with Crippen LogP contribution in [0.3, 0.4) is 0 Å². The highest BCUT2D eigenvalue weighted by Gasteiger charge is 2.12. The Morgan fingerprint density at radius 2 is 2.17 bits per heavy atom. The number of aromatic nitrogens is 4. The number of hydrogen-bond acceptors (Lipinski definition) is 7. The minimum atomic E-state index is -0.384. The highest BCUT2D eigenvalue weighted by Crippen LogP contribution is 2.27. The summed E-state index contributed by atoms with van der Waals surface area (Å²) in [6.45, 7) is 4.34. The van der Waals surface area contributed by atoms with Gasteiger partial charge in [-0.2, -0.15) is 5.10 Å². The Morgan fingerprint density at radius 3 is 2.83 bits per heavy atom. The summed E-state index contributed by atoms with van der Waals surface area (Å²) in [5, 5.41) is 11.4. The van der Waals surface area contributed by atoms with E-state index in [0.717, 1.165) is 15.6 Å². The number of carbonyl (C=O) groups excluding carboxylic acids is 1. The molecular weight excluding hydrogens is 330 g/mol. The Hall–Kier alpha value is -2.81. The van der Waals surface area contributed by atoms with Gasteiger partial charge in [0.15, 0.2) is 0 Å². The fourth-order valence-electron chi connectivity index (χ4n) is 2.19. The third kappa shape index (κ3) is 3.40. The summed E-state index contributed by atoms with van der Waals surface area (Å²) < 4.78 is 6.09. The van der Waals surface area contributed by atoms with Gasteiger partial charge < -0.3 is 9.84 Å². The summed E-state index contributed by atoms with van der Waals surface area (Å²) >= 11 is 1.53. The fourth-order valence-corrected chi connectivity index (χ4v) is 3.08. The predicted octanol–water partition coefficient (Wildman–Crippen LogP) is 1.40. The topological polar surface area (TPSA) is 103 Å². The van der Waals surface area contributed by atoms with Crippen LogP contribution >= 0.6 is 11.3 Å². The molecule has 0 radical (unpaired) electrons. The van der Waals surface area contributed by atoms with Gasteiger partial charge >= 0.3 is 0 Å². The summed E-state index contributed by atoms with van der Waals surface area (Å²) in [5.74, 6) is -0.259. The van der Waals surface area contributed by atoms with Crippen molar-refractivity contribution < 1.29 is 9.32 Å². The average Bonchev–Trinajstić information content (AvgIpc) is 3.19. The first kappa shape index (κ1) is 16.1. The van der Waals surface area contributed by atoms with Crippen molar-refractivity contribution in [2.45, 2.75) is 20.4 Å². The van der Waals surface area contributed by atoms with E-state index < -0.39 is 0 Å². The molecule has 3 heterocycles. The van der Waals surface area contributed by atoms with Gasteiger partial charge in [-0.3, -0.25) is 9.59 Å². The van der Waals surface area contributed by atoms with Crippen LogP contribution in [0.15, 0.2) is 33.7 Å². The number of thiazole rings is 1. The molecular formula is C15H15N5O3S. The Balaban J connectivity index is 1.72. The van der Waals surface area contributed by atoms with Crippen LogP contribution in [-0.4, -0.2) is 32.4 Å². The van der Waals surface area contributed by atoms with E-state index >= 15 is 0 Å². The minimum Gasteiger partial charge on any atom is -0.351 e. The third-order valence-electron chi connectivity index (χ3n) is 3.27. The zero-order valence-corrected chi connectivity index (χ0v) is 14.0. The monoisotopic (exact) mass is 345 g/mol. The molecule has 8 nitrogen and oxygen atoms in total. The Labute approximate surface area is 141 Å². The van der Waals surface area contributed by atoms with Crippen molar-refractivity contribution in [2.24, 2.45) is 0 Å². The maximum absolute atomic E-state index is 11.9. The van der Waals surface area contributed by atoms with Gasteiger partial charge in [-0.25, -0.2) is 9.67 Å². The number of aryl methyl sites for hydroxylation is 2. The van der Waals surface area contributed by atoms with Crippen LogP contribution in [0.2, 0.25) is 0 Å². The molecule has 0 aliphatic carbocycles. The van der Waals surface area contributed by atoms with Crippen molar-refractivity contribution >= 4 is 17.2 Å². The van der Waals surface area contributed by atoms with Gasteiger partial charge in [0.2, 0.25) is 5.76 Å². The van der Waals surface area contributed by atoms with Crippen molar-refractivity contribution in [3.8, 4) is 10.6 Å². The Bertz CT molecular complexity index is 914. The fraction of sp³-hybridized carbons (Fsp3) is 0.267. The van der Waals surface area contributed by atoms with Gasteiger partial charge in [-0.05, 0) is 19.9 Å². The molecule has 1 N–H and O–H groups in total. The van der Waals surface area contributed by atoms with E-state index in [2.05, 4.69) is 20.6 Å². The van der Waals surface area contributed by atoms with Gasteiger partial charge in [0, 0.05) is 18.7 Å². The summed E-state index contributed by atoms with van der Waals surface area (Å²) in [6.07, 6.45) is 1.39. The van der Waals surface area contributed by atoms with Gasteiger partial charge in [-0.15, -0.1) is 11.3 Å². The highest BCUT2D eigenvalue weighted by molar-refractivity contribution is 7.15. The van der Waals surface area contributed by atoms with Crippen LogP contribution in [0.4, 0.5) is 0 Å². The summed E-state index contributed by atoms with van der Waals surface area (Å²) in [4.78, 5) is 29.0. The van der Waals surface area contributed by atoms with Crippen LogP contribution in [-0.2, 0) is 6.54 Å². The first-order valence-electron chi connectivity index (χ1n) is 7.26. The van der Waals surface area contributed by atoms with Crippen LogP contribution in [0, 0.1) is 13.8 Å². The minimum absolute atomic E-state index is 0.125. The molecule has 0 atom stereocenters. The molecule has 0 aromatic carbocycles. The Morgan fingerprint density at radius 1 is 1.33 bits per heavy atom. The normalized spacial score (nSPS) is 10.8. The zero-order chi connectivity index (χ0) is 17.1. The van der Waals surface area contributed by atoms with Gasteiger partial charge in [-0.1, -0.05) is 5.16 Å². The molecule has 0 saturated heterocycles. The lowest BCUT2D eigenvalue weighted by molar-refractivity contribution is 0.0915. The van der Waals surface area contributed by atoms with E-state index in [1.807, 2.05) is 13.8 Å². The molecule has 3 rings (SSSR count). The van der Waals surface area contributed by atoms with E-state index in [0.29, 0.717) is 5.69 Å². The smallest absolute Gasteiger partial charge is 0.289 e. The second-order valence-electron chi connectivity index (χ2n) is 5.06. The van der Waals surface area contributed by atoms with Crippen molar-refractivity contribution in [1.82, 2.24) is 25.2 Å².